The number of benzene rings is 2. The number of hydrogen-bond donors (Lipinski definition) is 1. The van der Waals surface area contributed by atoms with Crippen molar-refractivity contribution >= 4 is 11.4 Å². The second kappa shape index (κ2) is 5.66. The standard InChI is InChI=1S/C18H18N2O3/c21-20(22)13-6-3-5-12(11-13)17-15-8-4-10-23-18(15)14-7-1-2-9-16(14)19-17/h1-3,5-7,9,11,15,17-19H,4,8,10H2/t15-,17+,18+/m0/s1. The Balaban J connectivity index is 1.76. The third-order valence-corrected chi connectivity index (χ3v) is 4.81. The van der Waals surface area contributed by atoms with Gasteiger partial charge in [-0.15, -0.1) is 0 Å². The van der Waals surface area contributed by atoms with E-state index in [1.165, 1.54) is 11.6 Å². The number of ether oxygens (including phenoxy) is 1. The molecule has 4 rings (SSSR count). The van der Waals surface area contributed by atoms with Gasteiger partial charge in [-0.25, -0.2) is 0 Å². The molecule has 5 heteroatoms. The highest BCUT2D eigenvalue weighted by Gasteiger charge is 2.39. The molecule has 1 N–H and O–H groups in total. The van der Waals surface area contributed by atoms with E-state index < -0.39 is 0 Å². The van der Waals surface area contributed by atoms with E-state index in [4.69, 9.17) is 4.74 Å². The van der Waals surface area contributed by atoms with Gasteiger partial charge in [-0.05, 0) is 24.5 Å². The Morgan fingerprint density at radius 1 is 1.17 bits per heavy atom. The van der Waals surface area contributed by atoms with Crippen LogP contribution in [0.25, 0.3) is 0 Å². The monoisotopic (exact) mass is 310 g/mol. The zero-order chi connectivity index (χ0) is 15.8. The number of nitro groups is 1. The van der Waals surface area contributed by atoms with Crippen LogP contribution >= 0.6 is 0 Å². The number of non-ortho nitro benzene ring substituents is 1. The van der Waals surface area contributed by atoms with Crippen molar-refractivity contribution < 1.29 is 9.66 Å². The first-order valence-corrected chi connectivity index (χ1v) is 7.95. The Labute approximate surface area is 134 Å². The second-order valence-corrected chi connectivity index (χ2v) is 6.16. The topological polar surface area (TPSA) is 64.4 Å². The summed E-state index contributed by atoms with van der Waals surface area (Å²) in [7, 11) is 0. The predicted molar refractivity (Wildman–Crippen MR) is 87.3 cm³/mol. The Morgan fingerprint density at radius 2 is 2.04 bits per heavy atom. The molecule has 118 valence electrons. The molecule has 2 aromatic rings. The highest BCUT2D eigenvalue weighted by atomic mass is 16.6. The minimum absolute atomic E-state index is 0.0371. The van der Waals surface area contributed by atoms with Crippen LogP contribution < -0.4 is 5.32 Å². The molecule has 0 spiro atoms. The fourth-order valence-electron chi connectivity index (χ4n) is 3.78. The molecule has 5 nitrogen and oxygen atoms in total. The van der Waals surface area contributed by atoms with E-state index in [9.17, 15) is 10.1 Å². The van der Waals surface area contributed by atoms with Crippen LogP contribution in [-0.2, 0) is 4.74 Å². The first-order valence-electron chi connectivity index (χ1n) is 7.95. The average Bonchev–Trinajstić information content (AvgIpc) is 2.61. The Kier molecular flexibility index (Phi) is 3.50. The lowest BCUT2D eigenvalue weighted by Crippen LogP contribution is -2.35. The lowest BCUT2D eigenvalue weighted by atomic mass is 9.77. The maximum absolute atomic E-state index is 11.1. The normalized spacial score (nSPS) is 25.8. The van der Waals surface area contributed by atoms with Crippen molar-refractivity contribution in [3.8, 4) is 0 Å². The van der Waals surface area contributed by atoms with Crippen molar-refractivity contribution in [1.82, 2.24) is 0 Å². The van der Waals surface area contributed by atoms with Crippen molar-refractivity contribution in [2.45, 2.75) is 25.0 Å². The van der Waals surface area contributed by atoms with Gasteiger partial charge in [-0.3, -0.25) is 10.1 Å². The van der Waals surface area contributed by atoms with E-state index in [1.807, 2.05) is 24.3 Å². The summed E-state index contributed by atoms with van der Waals surface area (Å²) in [6, 6.07) is 15.2. The van der Waals surface area contributed by atoms with Gasteiger partial charge in [0.05, 0.1) is 17.1 Å². The van der Waals surface area contributed by atoms with Crippen LogP contribution in [0.4, 0.5) is 11.4 Å². The molecule has 23 heavy (non-hydrogen) atoms. The molecule has 0 saturated carbocycles. The van der Waals surface area contributed by atoms with Gasteiger partial charge in [0, 0.05) is 35.9 Å². The molecule has 1 fully saturated rings. The van der Waals surface area contributed by atoms with Gasteiger partial charge < -0.3 is 10.1 Å². The smallest absolute Gasteiger partial charge is 0.269 e. The quantitative estimate of drug-likeness (QED) is 0.666. The van der Waals surface area contributed by atoms with Crippen LogP contribution in [0.5, 0.6) is 0 Å². The van der Waals surface area contributed by atoms with E-state index in [0.717, 1.165) is 30.7 Å². The van der Waals surface area contributed by atoms with Crippen molar-refractivity contribution in [3.63, 3.8) is 0 Å². The SMILES string of the molecule is O=[N+]([O-])c1cccc([C@H]2Nc3ccccc3[C@H]3OCCC[C@@H]23)c1. The van der Waals surface area contributed by atoms with E-state index >= 15 is 0 Å². The summed E-state index contributed by atoms with van der Waals surface area (Å²) in [6.07, 6.45) is 2.14. The molecule has 2 aliphatic rings. The van der Waals surface area contributed by atoms with Crippen molar-refractivity contribution in [2.24, 2.45) is 5.92 Å². The summed E-state index contributed by atoms with van der Waals surface area (Å²) in [6.45, 7) is 0.775. The molecule has 2 aromatic carbocycles. The summed E-state index contributed by atoms with van der Waals surface area (Å²) in [5, 5.41) is 14.7. The molecule has 0 aliphatic carbocycles. The Bertz CT molecular complexity index is 747. The number of hydrogen-bond acceptors (Lipinski definition) is 4. The van der Waals surface area contributed by atoms with Gasteiger partial charge >= 0.3 is 0 Å². The van der Waals surface area contributed by atoms with E-state index in [2.05, 4.69) is 11.4 Å². The minimum atomic E-state index is -0.338. The van der Waals surface area contributed by atoms with Gasteiger partial charge in [0.2, 0.25) is 0 Å². The van der Waals surface area contributed by atoms with Crippen LogP contribution in [0, 0.1) is 16.0 Å². The number of nitrogens with zero attached hydrogens (tertiary/aromatic N) is 1. The Hall–Kier alpha value is -2.40. The number of anilines is 1. The van der Waals surface area contributed by atoms with Gasteiger partial charge in [-0.1, -0.05) is 30.3 Å². The van der Waals surface area contributed by atoms with Gasteiger partial charge in [0.1, 0.15) is 0 Å². The van der Waals surface area contributed by atoms with Crippen LogP contribution in [0.3, 0.4) is 0 Å². The fourth-order valence-corrected chi connectivity index (χ4v) is 3.78. The molecule has 0 unspecified atom stereocenters. The highest BCUT2D eigenvalue weighted by molar-refractivity contribution is 5.57. The molecule has 0 radical (unpaired) electrons. The van der Waals surface area contributed by atoms with E-state index in [-0.39, 0.29) is 22.8 Å². The highest BCUT2D eigenvalue weighted by Crippen LogP contribution is 2.49. The van der Waals surface area contributed by atoms with Gasteiger partial charge in [-0.2, -0.15) is 0 Å². The number of nitro benzene ring substituents is 1. The van der Waals surface area contributed by atoms with E-state index in [0.29, 0.717) is 5.92 Å². The molecule has 0 bridgehead atoms. The van der Waals surface area contributed by atoms with Gasteiger partial charge in [0.15, 0.2) is 0 Å². The number of rotatable bonds is 2. The first kappa shape index (κ1) is 14.2. The predicted octanol–water partition coefficient (Wildman–Crippen LogP) is 4.23. The molecule has 2 heterocycles. The van der Waals surface area contributed by atoms with Crippen LogP contribution in [0.1, 0.15) is 36.1 Å². The number of nitrogens with one attached hydrogen (secondary N) is 1. The summed E-state index contributed by atoms with van der Waals surface area (Å²) >= 11 is 0. The summed E-state index contributed by atoms with van der Waals surface area (Å²) in [5.74, 6) is 0.292. The van der Waals surface area contributed by atoms with Crippen LogP contribution in [0.2, 0.25) is 0 Å². The number of fused-ring (bicyclic) bond motifs is 3. The molecule has 1 saturated heterocycles. The summed E-state index contributed by atoms with van der Waals surface area (Å²) in [5.41, 5.74) is 3.34. The zero-order valence-electron chi connectivity index (χ0n) is 12.6. The van der Waals surface area contributed by atoms with Crippen molar-refractivity contribution in [2.75, 3.05) is 11.9 Å². The van der Waals surface area contributed by atoms with Gasteiger partial charge in [0.25, 0.3) is 5.69 Å². The van der Waals surface area contributed by atoms with Crippen molar-refractivity contribution in [1.29, 1.82) is 0 Å². The largest absolute Gasteiger partial charge is 0.378 e. The minimum Gasteiger partial charge on any atom is -0.378 e. The summed E-state index contributed by atoms with van der Waals surface area (Å²) in [4.78, 5) is 10.7. The third kappa shape index (κ3) is 2.47. The second-order valence-electron chi connectivity index (χ2n) is 6.16. The van der Waals surface area contributed by atoms with Crippen LogP contribution in [0.15, 0.2) is 48.5 Å². The Morgan fingerprint density at radius 3 is 2.91 bits per heavy atom. The molecule has 2 aliphatic heterocycles. The van der Waals surface area contributed by atoms with Crippen LogP contribution in [-0.4, -0.2) is 11.5 Å². The summed E-state index contributed by atoms with van der Waals surface area (Å²) < 4.78 is 6.06. The third-order valence-electron chi connectivity index (χ3n) is 4.81. The molecular weight excluding hydrogens is 292 g/mol. The lowest BCUT2D eigenvalue weighted by Gasteiger charge is -2.43. The fraction of sp³-hybridized carbons (Fsp3) is 0.333. The molecular formula is C18H18N2O3. The molecule has 0 aromatic heterocycles. The maximum atomic E-state index is 11.1. The lowest BCUT2D eigenvalue weighted by molar-refractivity contribution is -0.384. The average molecular weight is 310 g/mol. The van der Waals surface area contributed by atoms with E-state index in [1.54, 1.807) is 12.1 Å². The zero-order valence-corrected chi connectivity index (χ0v) is 12.6. The maximum Gasteiger partial charge on any atom is 0.269 e. The number of para-hydroxylation sites is 1. The molecule has 3 atom stereocenters. The first-order chi connectivity index (χ1) is 11.2. The van der Waals surface area contributed by atoms with Crippen molar-refractivity contribution in [3.05, 3.63) is 69.8 Å². The molecule has 0 amide bonds.